The summed E-state index contributed by atoms with van der Waals surface area (Å²) in [6, 6.07) is 2.26. The summed E-state index contributed by atoms with van der Waals surface area (Å²) < 4.78 is 1.85. The predicted molar refractivity (Wildman–Crippen MR) is 75.1 cm³/mol. The number of nitrogens with zero attached hydrogens (tertiary/aromatic N) is 3. The lowest BCUT2D eigenvalue weighted by atomic mass is 10.2. The van der Waals surface area contributed by atoms with Gasteiger partial charge in [-0.25, -0.2) is 9.67 Å². The normalized spacial score (nSPS) is 12.9. The Morgan fingerprint density at radius 1 is 1.37 bits per heavy atom. The molecule has 19 heavy (non-hydrogen) atoms. The van der Waals surface area contributed by atoms with Crippen LogP contribution in [0.15, 0.2) is 18.5 Å². The Labute approximate surface area is 113 Å². The van der Waals surface area contributed by atoms with Crippen molar-refractivity contribution in [1.82, 2.24) is 20.1 Å². The van der Waals surface area contributed by atoms with E-state index in [1.165, 1.54) is 0 Å². The van der Waals surface area contributed by atoms with Crippen molar-refractivity contribution in [2.45, 2.75) is 46.2 Å². The lowest BCUT2D eigenvalue weighted by molar-refractivity contribution is 0.0939. The van der Waals surface area contributed by atoms with Gasteiger partial charge in [0.15, 0.2) is 5.65 Å². The van der Waals surface area contributed by atoms with Gasteiger partial charge in [0.2, 0.25) is 0 Å². The maximum Gasteiger partial charge on any atom is 0.253 e. The zero-order valence-electron chi connectivity index (χ0n) is 11.8. The topological polar surface area (TPSA) is 59.8 Å². The van der Waals surface area contributed by atoms with E-state index in [-0.39, 0.29) is 18.0 Å². The SMILES string of the molecule is CCC(C)NC(=O)c1cnc2c(cnn2C(C)C)c1. The lowest BCUT2D eigenvalue weighted by Gasteiger charge is -2.11. The largest absolute Gasteiger partial charge is 0.350 e. The van der Waals surface area contributed by atoms with Gasteiger partial charge in [0, 0.05) is 23.7 Å². The van der Waals surface area contributed by atoms with Crippen LogP contribution in [0.4, 0.5) is 0 Å². The number of rotatable bonds is 4. The average Bonchev–Trinajstić information content (AvgIpc) is 2.81. The first-order chi connectivity index (χ1) is 9.02. The molecule has 2 aromatic heterocycles. The van der Waals surface area contributed by atoms with Crippen LogP contribution >= 0.6 is 0 Å². The Hall–Kier alpha value is -1.91. The minimum atomic E-state index is -0.0824. The first-order valence-corrected chi connectivity index (χ1v) is 6.67. The van der Waals surface area contributed by atoms with Crippen molar-refractivity contribution in [3.8, 4) is 0 Å². The third-order valence-corrected chi connectivity index (χ3v) is 3.17. The van der Waals surface area contributed by atoms with Crippen LogP contribution in [-0.4, -0.2) is 26.7 Å². The van der Waals surface area contributed by atoms with Crippen LogP contribution in [0.5, 0.6) is 0 Å². The van der Waals surface area contributed by atoms with E-state index in [0.717, 1.165) is 17.5 Å². The van der Waals surface area contributed by atoms with Crippen LogP contribution in [0.3, 0.4) is 0 Å². The molecular weight excluding hydrogens is 240 g/mol. The third-order valence-electron chi connectivity index (χ3n) is 3.17. The van der Waals surface area contributed by atoms with Crippen LogP contribution < -0.4 is 5.32 Å². The van der Waals surface area contributed by atoms with Crippen LogP contribution in [0.25, 0.3) is 11.0 Å². The molecule has 0 saturated carbocycles. The van der Waals surface area contributed by atoms with E-state index >= 15 is 0 Å². The number of carbonyl (C=O) groups is 1. The summed E-state index contributed by atoms with van der Waals surface area (Å²) in [4.78, 5) is 16.4. The highest BCUT2D eigenvalue weighted by molar-refractivity contribution is 5.96. The second kappa shape index (κ2) is 5.38. The molecule has 0 fully saturated rings. The summed E-state index contributed by atoms with van der Waals surface area (Å²) in [6.45, 7) is 8.13. The predicted octanol–water partition coefficient (Wildman–Crippen LogP) is 2.54. The molecule has 1 N–H and O–H groups in total. The van der Waals surface area contributed by atoms with Crippen molar-refractivity contribution in [2.24, 2.45) is 0 Å². The Kier molecular flexibility index (Phi) is 3.83. The number of hydrogen-bond donors (Lipinski definition) is 1. The Balaban J connectivity index is 2.30. The minimum absolute atomic E-state index is 0.0824. The minimum Gasteiger partial charge on any atom is -0.350 e. The standard InChI is InChI=1S/C14H20N4O/c1-5-10(4)17-14(19)12-6-11-8-16-18(9(2)3)13(11)15-7-12/h6-10H,5H2,1-4H3,(H,17,19). The van der Waals surface area contributed by atoms with Gasteiger partial charge < -0.3 is 5.32 Å². The number of pyridine rings is 1. The fraction of sp³-hybridized carbons (Fsp3) is 0.500. The summed E-state index contributed by atoms with van der Waals surface area (Å²) in [5, 5.41) is 8.12. The highest BCUT2D eigenvalue weighted by Gasteiger charge is 2.12. The van der Waals surface area contributed by atoms with Gasteiger partial charge in [0.25, 0.3) is 5.91 Å². The highest BCUT2D eigenvalue weighted by atomic mass is 16.1. The summed E-state index contributed by atoms with van der Waals surface area (Å²) in [6.07, 6.45) is 4.27. The molecule has 0 bridgehead atoms. The molecule has 0 aliphatic rings. The van der Waals surface area contributed by atoms with Crippen LogP contribution in [0, 0.1) is 0 Å². The van der Waals surface area contributed by atoms with Gasteiger partial charge in [-0.1, -0.05) is 6.92 Å². The summed E-state index contributed by atoms with van der Waals surface area (Å²) in [5.74, 6) is -0.0824. The number of hydrogen-bond acceptors (Lipinski definition) is 3. The van der Waals surface area contributed by atoms with Gasteiger partial charge in [0.1, 0.15) is 0 Å². The molecule has 0 aromatic carbocycles. The van der Waals surface area contributed by atoms with E-state index in [2.05, 4.69) is 29.2 Å². The van der Waals surface area contributed by atoms with Gasteiger partial charge in [-0.2, -0.15) is 5.10 Å². The average molecular weight is 260 g/mol. The highest BCUT2D eigenvalue weighted by Crippen LogP contribution is 2.16. The van der Waals surface area contributed by atoms with Crippen molar-refractivity contribution in [3.05, 3.63) is 24.0 Å². The third kappa shape index (κ3) is 2.75. The van der Waals surface area contributed by atoms with Crippen LogP contribution in [-0.2, 0) is 0 Å². The molecule has 1 unspecified atom stereocenters. The maximum absolute atomic E-state index is 12.0. The van der Waals surface area contributed by atoms with E-state index < -0.39 is 0 Å². The molecule has 0 spiro atoms. The van der Waals surface area contributed by atoms with Crippen molar-refractivity contribution in [2.75, 3.05) is 0 Å². The Morgan fingerprint density at radius 3 is 2.74 bits per heavy atom. The van der Waals surface area contributed by atoms with E-state index in [9.17, 15) is 4.79 Å². The molecule has 0 saturated heterocycles. The molecule has 102 valence electrons. The van der Waals surface area contributed by atoms with E-state index in [1.54, 1.807) is 12.4 Å². The molecule has 1 atom stereocenters. The smallest absolute Gasteiger partial charge is 0.253 e. The second-order valence-electron chi connectivity index (χ2n) is 5.10. The molecule has 1 amide bonds. The van der Waals surface area contributed by atoms with Gasteiger partial charge in [0.05, 0.1) is 11.8 Å². The van der Waals surface area contributed by atoms with Crippen molar-refractivity contribution in [3.63, 3.8) is 0 Å². The molecule has 2 rings (SSSR count). The molecular formula is C14H20N4O. The monoisotopic (exact) mass is 260 g/mol. The molecule has 5 heteroatoms. The second-order valence-corrected chi connectivity index (χ2v) is 5.10. The van der Waals surface area contributed by atoms with Crippen molar-refractivity contribution < 1.29 is 4.79 Å². The first kappa shape index (κ1) is 13.5. The van der Waals surface area contributed by atoms with E-state index in [0.29, 0.717) is 5.56 Å². The molecule has 5 nitrogen and oxygen atoms in total. The van der Waals surface area contributed by atoms with Crippen molar-refractivity contribution in [1.29, 1.82) is 0 Å². The van der Waals surface area contributed by atoms with Gasteiger partial charge >= 0.3 is 0 Å². The van der Waals surface area contributed by atoms with E-state index in [4.69, 9.17) is 0 Å². The summed E-state index contributed by atoms with van der Waals surface area (Å²) in [7, 11) is 0. The van der Waals surface area contributed by atoms with Gasteiger partial charge in [-0.15, -0.1) is 0 Å². The number of carbonyl (C=O) groups excluding carboxylic acids is 1. The quantitative estimate of drug-likeness (QED) is 0.919. The summed E-state index contributed by atoms with van der Waals surface area (Å²) in [5.41, 5.74) is 1.39. The van der Waals surface area contributed by atoms with Crippen LogP contribution in [0.2, 0.25) is 0 Å². The molecule has 0 radical (unpaired) electrons. The molecule has 2 aromatic rings. The maximum atomic E-state index is 12.0. The number of aromatic nitrogens is 3. The van der Waals surface area contributed by atoms with Crippen LogP contribution in [0.1, 0.15) is 50.5 Å². The number of amides is 1. The Bertz CT molecular complexity index is 588. The zero-order chi connectivity index (χ0) is 14.0. The lowest BCUT2D eigenvalue weighted by Crippen LogP contribution is -2.31. The van der Waals surface area contributed by atoms with Crippen molar-refractivity contribution >= 4 is 16.9 Å². The zero-order valence-corrected chi connectivity index (χ0v) is 11.8. The summed E-state index contributed by atoms with van der Waals surface area (Å²) >= 11 is 0. The first-order valence-electron chi connectivity index (χ1n) is 6.67. The fourth-order valence-corrected chi connectivity index (χ4v) is 1.85. The molecule has 2 heterocycles. The Morgan fingerprint density at radius 2 is 2.11 bits per heavy atom. The van der Waals surface area contributed by atoms with Gasteiger partial charge in [-0.3, -0.25) is 4.79 Å². The fourth-order valence-electron chi connectivity index (χ4n) is 1.85. The molecule has 0 aliphatic heterocycles. The number of nitrogens with one attached hydrogen (secondary N) is 1. The molecule has 0 aliphatic carbocycles. The number of fused-ring (bicyclic) bond motifs is 1. The van der Waals surface area contributed by atoms with E-state index in [1.807, 2.05) is 24.6 Å². The van der Waals surface area contributed by atoms with Gasteiger partial charge in [-0.05, 0) is 33.3 Å².